The fourth-order valence-electron chi connectivity index (χ4n) is 5.41. The van der Waals surface area contributed by atoms with E-state index in [9.17, 15) is 5.26 Å². The lowest BCUT2D eigenvalue weighted by molar-refractivity contribution is -0.154. The van der Waals surface area contributed by atoms with Crippen molar-refractivity contribution in [2.24, 2.45) is 5.92 Å². The Morgan fingerprint density at radius 3 is 2.57 bits per heavy atom. The summed E-state index contributed by atoms with van der Waals surface area (Å²) in [6.45, 7) is 12.5. The number of benzene rings is 1. The third kappa shape index (κ3) is 2.65. The van der Waals surface area contributed by atoms with Gasteiger partial charge in [-0.25, -0.2) is 0 Å². The first-order chi connectivity index (χ1) is 14.1. The molecule has 160 valence electrons. The molecule has 2 heterocycles. The summed E-state index contributed by atoms with van der Waals surface area (Å²) in [6.07, 6.45) is 3.93. The number of rotatable bonds is 2. The zero-order valence-corrected chi connectivity index (χ0v) is 19.6. The first-order valence-corrected chi connectivity index (χ1v) is 13.9. The Labute approximate surface area is 180 Å². The van der Waals surface area contributed by atoms with Crippen molar-refractivity contribution in [1.82, 2.24) is 0 Å². The first-order valence-electron chi connectivity index (χ1n) is 11.0. The minimum absolute atomic E-state index is 0.0194. The van der Waals surface area contributed by atoms with E-state index in [4.69, 9.17) is 18.6 Å². The molecule has 1 saturated carbocycles. The highest BCUT2D eigenvalue weighted by Gasteiger charge is 2.63. The number of ether oxygens (including phenoxy) is 3. The molecule has 1 aromatic rings. The van der Waals surface area contributed by atoms with Crippen LogP contribution in [0.25, 0.3) is 0 Å². The van der Waals surface area contributed by atoms with Crippen LogP contribution in [0, 0.1) is 17.2 Å². The van der Waals surface area contributed by atoms with Crippen LogP contribution in [-0.2, 0) is 26.0 Å². The van der Waals surface area contributed by atoms with Gasteiger partial charge in [0.05, 0.1) is 31.0 Å². The van der Waals surface area contributed by atoms with Gasteiger partial charge in [-0.05, 0) is 47.8 Å². The van der Waals surface area contributed by atoms with E-state index in [2.05, 4.69) is 58.1 Å². The van der Waals surface area contributed by atoms with Gasteiger partial charge in [0.25, 0.3) is 0 Å². The highest BCUT2D eigenvalue weighted by atomic mass is 28.4. The summed E-state index contributed by atoms with van der Waals surface area (Å²) >= 11 is 0. The molecule has 0 bridgehead atoms. The molecule has 2 aliphatic carbocycles. The summed E-state index contributed by atoms with van der Waals surface area (Å²) < 4.78 is 24.8. The van der Waals surface area contributed by atoms with E-state index in [0.29, 0.717) is 26.1 Å². The van der Waals surface area contributed by atoms with Crippen molar-refractivity contribution >= 4 is 8.32 Å². The van der Waals surface area contributed by atoms with E-state index in [1.54, 1.807) is 0 Å². The van der Waals surface area contributed by atoms with E-state index in [-0.39, 0.29) is 17.1 Å². The lowest BCUT2D eigenvalue weighted by Crippen LogP contribution is -2.54. The Hall–Kier alpha value is -1.81. The van der Waals surface area contributed by atoms with E-state index in [0.717, 1.165) is 23.3 Å². The second-order valence-corrected chi connectivity index (χ2v) is 15.4. The standard InChI is InChI=1S/C24H31NO4Si/c1-22(2,3)30(4,5)29-17-6-7-18-16(12-17)13-20-21-19(14-26-20)24(27-10-11-28-24)9-8-23(18,21)15-25/h6-7,12,14,20-21H,8-11,13H2,1-5H3/t20-,21-,23-/m1/s1. The third-order valence-corrected chi connectivity index (χ3v) is 12.4. The number of nitriles is 1. The average molecular weight is 426 g/mol. The highest BCUT2D eigenvalue weighted by molar-refractivity contribution is 6.74. The van der Waals surface area contributed by atoms with Crippen LogP contribution in [-0.4, -0.2) is 33.4 Å². The van der Waals surface area contributed by atoms with E-state index in [1.165, 1.54) is 5.56 Å². The quantitative estimate of drug-likeness (QED) is 0.636. The molecule has 0 N–H and O–H groups in total. The fraction of sp³-hybridized carbons (Fsp3) is 0.625. The molecule has 5 rings (SSSR count). The van der Waals surface area contributed by atoms with Crippen LogP contribution in [0.15, 0.2) is 30.0 Å². The number of hydrogen-bond donors (Lipinski definition) is 0. The molecule has 3 atom stereocenters. The van der Waals surface area contributed by atoms with Gasteiger partial charge in [-0.15, -0.1) is 0 Å². The lowest BCUT2D eigenvalue weighted by Gasteiger charge is -2.49. The maximum Gasteiger partial charge on any atom is 0.250 e. The van der Waals surface area contributed by atoms with Gasteiger partial charge in [0.15, 0.2) is 5.79 Å². The van der Waals surface area contributed by atoms with Gasteiger partial charge in [0.1, 0.15) is 11.9 Å². The Bertz CT molecular complexity index is 951. The minimum Gasteiger partial charge on any atom is -0.543 e. The predicted molar refractivity (Wildman–Crippen MR) is 116 cm³/mol. The van der Waals surface area contributed by atoms with Crippen molar-refractivity contribution in [1.29, 1.82) is 5.26 Å². The molecular weight excluding hydrogens is 394 g/mol. The first kappa shape index (κ1) is 20.1. The topological polar surface area (TPSA) is 60.7 Å². The maximum atomic E-state index is 10.4. The largest absolute Gasteiger partial charge is 0.543 e. The third-order valence-electron chi connectivity index (χ3n) is 8.01. The van der Waals surface area contributed by atoms with Crippen LogP contribution in [0.4, 0.5) is 0 Å². The fourth-order valence-corrected chi connectivity index (χ4v) is 6.43. The summed E-state index contributed by atoms with van der Waals surface area (Å²) in [5.74, 6) is 0.199. The number of hydrogen-bond acceptors (Lipinski definition) is 5. The van der Waals surface area contributed by atoms with Crippen molar-refractivity contribution in [2.75, 3.05) is 13.2 Å². The Morgan fingerprint density at radius 1 is 1.17 bits per heavy atom. The molecule has 4 aliphatic rings. The molecule has 5 nitrogen and oxygen atoms in total. The second kappa shape index (κ2) is 6.35. The zero-order valence-electron chi connectivity index (χ0n) is 18.6. The summed E-state index contributed by atoms with van der Waals surface area (Å²) in [6, 6.07) is 9.05. The molecule has 1 saturated heterocycles. The smallest absolute Gasteiger partial charge is 0.250 e. The Morgan fingerprint density at radius 2 is 1.90 bits per heavy atom. The summed E-state index contributed by atoms with van der Waals surface area (Å²) in [7, 11) is -1.93. The van der Waals surface area contributed by atoms with Gasteiger partial charge in [-0.1, -0.05) is 26.8 Å². The number of fused-ring (bicyclic) bond motifs is 3. The van der Waals surface area contributed by atoms with E-state index >= 15 is 0 Å². The molecule has 0 radical (unpaired) electrons. The molecule has 0 unspecified atom stereocenters. The van der Waals surface area contributed by atoms with Gasteiger partial charge in [-0.3, -0.25) is 0 Å². The molecule has 2 aliphatic heterocycles. The predicted octanol–water partition coefficient (Wildman–Crippen LogP) is 4.82. The zero-order chi connectivity index (χ0) is 21.4. The highest BCUT2D eigenvalue weighted by Crippen LogP contribution is 2.59. The monoisotopic (exact) mass is 425 g/mol. The van der Waals surface area contributed by atoms with Crippen LogP contribution in [0.3, 0.4) is 0 Å². The van der Waals surface area contributed by atoms with Crippen molar-refractivity contribution in [3.05, 3.63) is 41.2 Å². The molecule has 6 heteroatoms. The molecular formula is C24H31NO4Si. The second-order valence-electron chi connectivity index (χ2n) is 10.6. The Balaban J connectivity index is 1.53. The van der Waals surface area contributed by atoms with Gasteiger partial charge in [0.2, 0.25) is 8.32 Å². The SMILES string of the molecule is CC(C)(C)[Si](C)(C)Oc1ccc2c(c1)C[C@H]1OC=C3[C@H]1[C@@]2(C#N)CCC31OCCO1. The Kier molecular flexibility index (Phi) is 4.26. The molecule has 0 aromatic heterocycles. The minimum atomic E-state index is -1.93. The van der Waals surface area contributed by atoms with Gasteiger partial charge >= 0.3 is 0 Å². The van der Waals surface area contributed by atoms with Crippen molar-refractivity contribution in [3.63, 3.8) is 0 Å². The summed E-state index contributed by atoms with van der Waals surface area (Å²) in [5.41, 5.74) is 2.72. The van der Waals surface area contributed by atoms with Crippen molar-refractivity contribution < 1.29 is 18.6 Å². The maximum absolute atomic E-state index is 10.4. The molecule has 1 spiro atoms. The van der Waals surface area contributed by atoms with Crippen LogP contribution in [0.2, 0.25) is 18.1 Å². The lowest BCUT2D eigenvalue weighted by atomic mass is 9.55. The van der Waals surface area contributed by atoms with Gasteiger partial charge in [-0.2, -0.15) is 5.26 Å². The average Bonchev–Trinajstić information content (AvgIpc) is 3.32. The van der Waals surface area contributed by atoms with Crippen LogP contribution in [0.5, 0.6) is 5.75 Å². The van der Waals surface area contributed by atoms with Crippen LogP contribution < -0.4 is 4.43 Å². The summed E-state index contributed by atoms with van der Waals surface area (Å²) in [5, 5.41) is 10.6. The van der Waals surface area contributed by atoms with Gasteiger partial charge in [0, 0.05) is 24.3 Å². The van der Waals surface area contributed by atoms with Crippen molar-refractivity contribution in [2.45, 2.75) is 75.5 Å². The molecule has 30 heavy (non-hydrogen) atoms. The van der Waals surface area contributed by atoms with Gasteiger partial charge < -0.3 is 18.6 Å². The van der Waals surface area contributed by atoms with E-state index in [1.807, 2.05) is 6.26 Å². The normalized spacial score (nSPS) is 31.4. The number of nitrogens with zero attached hydrogens (tertiary/aromatic N) is 1. The van der Waals surface area contributed by atoms with Crippen LogP contribution in [0.1, 0.15) is 44.7 Å². The van der Waals surface area contributed by atoms with E-state index < -0.39 is 19.5 Å². The molecule has 1 aromatic carbocycles. The molecule has 2 fully saturated rings. The molecule has 0 amide bonds. The summed E-state index contributed by atoms with van der Waals surface area (Å²) in [4.78, 5) is 0. The van der Waals surface area contributed by atoms with Crippen LogP contribution >= 0.6 is 0 Å². The van der Waals surface area contributed by atoms with Crippen molar-refractivity contribution in [3.8, 4) is 11.8 Å².